The summed E-state index contributed by atoms with van der Waals surface area (Å²) >= 11 is 0. The maximum absolute atomic E-state index is 11.3. The monoisotopic (exact) mass is 413 g/mol. The van der Waals surface area contributed by atoms with Crippen LogP contribution in [0.1, 0.15) is 90.4 Å². The van der Waals surface area contributed by atoms with Gasteiger partial charge in [-0.05, 0) is 18.7 Å². The van der Waals surface area contributed by atoms with Crippen molar-refractivity contribution in [1.29, 1.82) is 0 Å². The summed E-state index contributed by atoms with van der Waals surface area (Å²) in [7, 11) is -4.04. The van der Waals surface area contributed by atoms with Crippen molar-refractivity contribution >= 4 is 16.0 Å². The van der Waals surface area contributed by atoms with Gasteiger partial charge in [-0.3, -0.25) is 9.55 Å². The van der Waals surface area contributed by atoms with E-state index >= 15 is 0 Å². The second kappa shape index (κ2) is 20.5. The summed E-state index contributed by atoms with van der Waals surface area (Å²) in [5, 5.41) is 11.3. The second-order valence-corrected chi connectivity index (χ2v) is 8.16. The van der Waals surface area contributed by atoms with Crippen LogP contribution in [0.3, 0.4) is 0 Å². The molecule has 0 aromatic rings. The fraction of sp³-hybridized carbons (Fsp3) is 0.842. The van der Waals surface area contributed by atoms with E-state index in [1.807, 2.05) is 0 Å². The van der Waals surface area contributed by atoms with Crippen LogP contribution in [-0.2, 0) is 10.1 Å². The summed E-state index contributed by atoms with van der Waals surface area (Å²) in [4.78, 5) is 3.54. The SMILES string of the molecule is CCCCCCCCCCCCCC/C=C/C([O-])=NCCS(=O)(=O)O.[K+]. The molecule has 0 amide bonds. The molecule has 1 N–H and O–H groups in total. The molecule has 26 heavy (non-hydrogen) atoms. The van der Waals surface area contributed by atoms with Gasteiger partial charge in [0.05, 0.1) is 12.3 Å². The average molecular weight is 414 g/mol. The molecule has 0 fully saturated rings. The molecule has 0 saturated carbocycles. The van der Waals surface area contributed by atoms with E-state index in [9.17, 15) is 13.5 Å². The first kappa shape index (κ1) is 29.0. The normalized spacial score (nSPS) is 12.5. The largest absolute Gasteiger partial charge is 1.00 e. The molecule has 0 aliphatic carbocycles. The van der Waals surface area contributed by atoms with Crippen LogP contribution in [0.5, 0.6) is 0 Å². The molecule has 5 nitrogen and oxygen atoms in total. The van der Waals surface area contributed by atoms with Crippen LogP contribution in [0.2, 0.25) is 0 Å². The Labute approximate surface area is 203 Å². The van der Waals surface area contributed by atoms with Crippen LogP contribution in [0, 0.1) is 0 Å². The summed E-state index contributed by atoms with van der Waals surface area (Å²) in [6, 6.07) is 0. The molecule has 0 aromatic carbocycles. The summed E-state index contributed by atoms with van der Waals surface area (Å²) in [6.07, 6.45) is 19.7. The Morgan fingerprint density at radius 2 is 1.38 bits per heavy atom. The molecule has 0 aromatic heterocycles. The Kier molecular flexibility index (Phi) is 22.8. The number of nitrogens with zero attached hydrogens (tertiary/aromatic N) is 1. The van der Waals surface area contributed by atoms with E-state index in [1.54, 1.807) is 6.08 Å². The molecule has 0 atom stereocenters. The first-order chi connectivity index (χ1) is 12.0. The summed E-state index contributed by atoms with van der Waals surface area (Å²) in [5.74, 6) is -0.951. The Bertz CT molecular complexity index is 464. The van der Waals surface area contributed by atoms with E-state index < -0.39 is 21.8 Å². The van der Waals surface area contributed by atoms with Gasteiger partial charge in [0.15, 0.2) is 0 Å². The summed E-state index contributed by atoms with van der Waals surface area (Å²) < 4.78 is 29.5. The van der Waals surface area contributed by atoms with Crippen molar-refractivity contribution in [3.05, 3.63) is 12.2 Å². The van der Waals surface area contributed by atoms with Gasteiger partial charge in [0.25, 0.3) is 10.1 Å². The first-order valence-electron chi connectivity index (χ1n) is 9.79. The molecular formula is C19H36KNO4S. The number of rotatable bonds is 17. The third-order valence-electron chi connectivity index (χ3n) is 4.10. The standard InChI is InChI=1S/C19H37NO4S.K/c1-2-3-4-5-6-7-8-9-10-11-12-13-14-15-16-19(21)20-17-18-25(22,23)24;/h15-16H,2-14,17-18H2,1H3,(H,20,21)(H,22,23,24);/q;+1/p-1/b16-15+;. The number of hydrogen-bond donors (Lipinski definition) is 1. The van der Waals surface area contributed by atoms with Gasteiger partial charge in [0.2, 0.25) is 0 Å². The van der Waals surface area contributed by atoms with Crippen LogP contribution in [0.4, 0.5) is 0 Å². The molecule has 148 valence electrons. The van der Waals surface area contributed by atoms with Crippen molar-refractivity contribution in [3.63, 3.8) is 0 Å². The fourth-order valence-electron chi connectivity index (χ4n) is 2.61. The predicted octanol–water partition coefficient (Wildman–Crippen LogP) is 1.28. The Hall–Kier alpha value is 0.756. The maximum Gasteiger partial charge on any atom is 1.00 e. The van der Waals surface area contributed by atoms with E-state index in [0.29, 0.717) is 0 Å². The minimum Gasteiger partial charge on any atom is -0.859 e. The van der Waals surface area contributed by atoms with Gasteiger partial charge in [-0.15, -0.1) is 0 Å². The van der Waals surface area contributed by atoms with E-state index in [1.165, 1.54) is 76.7 Å². The van der Waals surface area contributed by atoms with Gasteiger partial charge in [-0.25, -0.2) is 0 Å². The third kappa shape index (κ3) is 24.8. The zero-order valence-corrected chi connectivity index (χ0v) is 20.7. The number of unbranched alkanes of at least 4 members (excludes halogenated alkanes) is 12. The third-order valence-corrected chi connectivity index (χ3v) is 4.80. The maximum atomic E-state index is 11.3. The second-order valence-electron chi connectivity index (χ2n) is 6.59. The van der Waals surface area contributed by atoms with Crippen LogP contribution < -0.4 is 56.5 Å². The quantitative estimate of drug-likeness (QED) is 0.128. The van der Waals surface area contributed by atoms with E-state index in [2.05, 4.69) is 11.9 Å². The smallest absolute Gasteiger partial charge is 0.859 e. The number of aliphatic imine (C=N–C) groups is 1. The average Bonchev–Trinajstić information content (AvgIpc) is 2.54. The Morgan fingerprint density at radius 3 is 1.85 bits per heavy atom. The van der Waals surface area contributed by atoms with Crippen molar-refractivity contribution in [2.24, 2.45) is 4.99 Å². The fourth-order valence-corrected chi connectivity index (χ4v) is 2.93. The molecule has 0 radical (unpaired) electrons. The topological polar surface area (TPSA) is 89.8 Å². The molecule has 0 spiro atoms. The molecule has 0 aliphatic rings. The van der Waals surface area contributed by atoms with Gasteiger partial charge < -0.3 is 5.11 Å². The molecule has 0 bridgehead atoms. The zero-order valence-electron chi connectivity index (χ0n) is 16.8. The molecule has 0 heterocycles. The molecule has 0 rings (SSSR count). The zero-order chi connectivity index (χ0) is 18.8. The first-order valence-corrected chi connectivity index (χ1v) is 11.4. The van der Waals surface area contributed by atoms with Crippen molar-refractivity contribution < 1.29 is 69.5 Å². The predicted molar refractivity (Wildman–Crippen MR) is 104 cm³/mol. The van der Waals surface area contributed by atoms with E-state index in [-0.39, 0.29) is 57.9 Å². The minimum atomic E-state index is -4.04. The van der Waals surface area contributed by atoms with E-state index in [4.69, 9.17) is 4.55 Å². The molecule has 0 aliphatic heterocycles. The van der Waals surface area contributed by atoms with Gasteiger partial charge in [0, 0.05) is 0 Å². The summed E-state index contributed by atoms with van der Waals surface area (Å²) in [5.41, 5.74) is 0. The van der Waals surface area contributed by atoms with Gasteiger partial charge in [0.1, 0.15) is 0 Å². The van der Waals surface area contributed by atoms with Crippen molar-refractivity contribution in [3.8, 4) is 0 Å². The Morgan fingerprint density at radius 1 is 0.923 bits per heavy atom. The van der Waals surface area contributed by atoms with E-state index in [0.717, 1.165) is 12.8 Å². The van der Waals surface area contributed by atoms with Crippen molar-refractivity contribution in [2.75, 3.05) is 12.3 Å². The number of allylic oxidation sites excluding steroid dienone is 1. The van der Waals surface area contributed by atoms with Crippen LogP contribution in [0.25, 0.3) is 0 Å². The molecule has 7 heteroatoms. The molecule has 0 saturated heterocycles. The van der Waals surface area contributed by atoms with Gasteiger partial charge >= 0.3 is 51.4 Å². The summed E-state index contributed by atoms with van der Waals surface area (Å²) in [6.45, 7) is 2.05. The Balaban J connectivity index is 0. The van der Waals surface area contributed by atoms with Crippen LogP contribution in [-0.4, -0.2) is 31.2 Å². The number of hydrogen-bond acceptors (Lipinski definition) is 4. The molecular weight excluding hydrogens is 377 g/mol. The minimum absolute atomic E-state index is 0. The molecule has 0 unspecified atom stereocenters. The van der Waals surface area contributed by atoms with Crippen molar-refractivity contribution in [1.82, 2.24) is 0 Å². The van der Waals surface area contributed by atoms with Crippen LogP contribution >= 0.6 is 0 Å². The van der Waals surface area contributed by atoms with Gasteiger partial charge in [-0.1, -0.05) is 89.7 Å². The van der Waals surface area contributed by atoms with Crippen molar-refractivity contribution in [2.45, 2.75) is 90.4 Å². The van der Waals surface area contributed by atoms with Gasteiger partial charge in [-0.2, -0.15) is 8.42 Å². The van der Waals surface area contributed by atoms with Crippen LogP contribution in [0.15, 0.2) is 17.1 Å².